The second-order valence-electron chi connectivity index (χ2n) is 5.76. The molecule has 0 atom stereocenters. The fraction of sp³-hybridized carbons (Fsp3) is 0.250. The van der Waals surface area contributed by atoms with E-state index in [0.717, 1.165) is 4.57 Å². The molecular formula is C16H18N6O4. The first kappa shape index (κ1) is 17.3. The zero-order valence-corrected chi connectivity index (χ0v) is 14.5. The second kappa shape index (κ2) is 6.39. The Morgan fingerprint density at radius 2 is 2.04 bits per heavy atom. The highest BCUT2D eigenvalue weighted by molar-refractivity contribution is 5.94. The lowest BCUT2D eigenvalue weighted by Gasteiger charge is -2.11. The van der Waals surface area contributed by atoms with Crippen LogP contribution < -0.4 is 27.0 Å². The Morgan fingerprint density at radius 1 is 1.31 bits per heavy atom. The van der Waals surface area contributed by atoms with Crippen LogP contribution in [-0.4, -0.2) is 31.7 Å². The molecule has 1 amide bonds. The Kier molecular flexibility index (Phi) is 4.24. The third-order valence-electron chi connectivity index (χ3n) is 4.04. The summed E-state index contributed by atoms with van der Waals surface area (Å²) in [5.41, 5.74) is 5.78. The number of amides is 1. The smallest absolute Gasteiger partial charge is 0.332 e. The monoisotopic (exact) mass is 358 g/mol. The lowest BCUT2D eigenvalue weighted by atomic mass is 10.2. The van der Waals surface area contributed by atoms with Crippen LogP contribution in [0.3, 0.4) is 0 Å². The lowest BCUT2D eigenvalue weighted by Crippen LogP contribution is -2.42. The summed E-state index contributed by atoms with van der Waals surface area (Å²) in [5.74, 6) is -0.0513. The standard InChI is InChI=1S/C16H18N6O4/c1-20-8-18-14-13(20)15(24)22(16(25)21(14)2)7-12(23)19-11-6-9(26-3)4-5-10(11)17/h4-6,8H,7,17H2,1-3H3,(H,19,23). The molecule has 2 heterocycles. The minimum Gasteiger partial charge on any atom is -0.497 e. The van der Waals surface area contributed by atoms with Gasteiger partial charge in [0.15, 0.2) is 11.2 Å². The first-order valence-corrected chi connectivity index (χ1v) is 7.67. The molecule has 0 aliphatic rings. The number of imidazole rings is 1. The van der Waals surface area contributed by atoms with Crippen molar-refractivity contribution in [1.29, 1.82) is 0 Å². The van der Waals surface area contributed by atoms with Crippen molar-refractivity contribution >= 4 is 28.4 Å². The van der Waals surface area contributed by atoms with Gasteiger partial charge in [-0.3, -0.25) is 14.2 Å². The Hall–Kier alpha value is -3.56. The molecule has 0 saturated carbocycles. The summed E-state index contributed by atoms with van der Waals surface area (Å²) in [5, 5.41) is 2.59. The fourth-order valence-corrected chi connectivity index (χ4v) is 2.64. The highest BCUT2D eigenvalue weighted by Crippen LogP contribution is 2.24. The van der Waals surface area contributed by atoms with E-state index < -0.39 is 23.7 Å². The Morgan fingerprint density at radius 3 is 2.73 bits per heavy atom. The number of anilines is 2. The van der Waals surface area contributed by atoms with Gasteiger partial charge >= 0.3 is 5.69 Å². The Labute approximate surface area is 147 Å². The number of carbonyl (C=O) groups excluding carboxylic acids is 1. The van der Waals surface area contributed by atoms with Gasteiger partial charge in [0.1, 0.15) is 12.3 Å². The van der Waals surface area contributed by atoms with Gasteiger partial charge in [-0.05, 0) is 12.1 Å². The molecule has 10 heteroatoms. The highest BCUT2D eigenvalue weighted by atomic mass is 16.5. The van der Waals surface area contributed by atoms with Gasteiger partial charge in [0.25, 0.3) is 5.56 Å². The lowest BCUT2D eigenvalue weighted by molar-refractivity contribution is -0.116. The number of benzene rings is 1. The second-order valence-corrected chi connectivity index (χ2v) is 5.76. The maximum atomic E-state index is 12.6. The number of rotatable bonds is 4. The van der Waals surface area contributed by atoms with Crippen molar-refractivity contribution in [2.75, 3.05) is 18.2 Å². The van der Waals surface area contributed by atoms with E-state index in [0.29, 0.717) is 17.1 Å². The topological polar surface area (TPSA) is 126 Å². The summed E-state index contributed by atoms with van der Waals surface area (Å²) in [6, 6.07) is 4.79. The first-order chi connectivity index (χ1) is 12.3. The number of hydrogen-bond donors (Lipinski definition) is 2. The van der Waals surface area contributed by atoms with E-state index in [2.05, 4.69) is 10.3 Å². The van der Waals surface area contributed by atoms with Crippen molar-refractivity contribution in [2.24, 2.45) is 14.1 Å². The zero-order valence-electron chi connectivity index (χ0n) is 14.5. The molecule has 0 unspecified atom stereocenters. The Bertz CT molecular complexity index is 1120. The summed E-state index contributed by atoms with van der Waals surface area (Å²) < 4.78 is 8.68. The van der Waals surface area contributed by atoms with Crippen molar-refractivity contribution in [3.63, 3.8) is 0 Å². The third kappa shape index (κ3) is 2.81. The molecule has 26 heavy (non-hydrogen) atoms. The summed E-state index contributed by atoms with van der Waals surface area (Å²) >= 11 is 0. The molecule has 3 N–H and O–H groups in total. The number of methoxy groups -OCH3 is 1. The van der Waals surface area contributed by atoms with Gasteiger partial charge in [0.2, 0.25) is 5.91 Å². The van der Waals surface area contributed by atoms with Gasteiger partial charge in [-0.2, -0.15) is 0 Å². The summed E-state index contributed by atoms with van der Waals surface area (Å²) in [6.07, 6.45) is 1.44. The molecular weight excluding hydrogens is 340 g/mol. The molecule has 0 aliphatic carbocycles. The van der Waals surface area contributed by atoms with Crippen LogP contribution in [0.1, 0.15) is 0 Å². The van der Waals surface area contributed by atoms with Gasteiger partial charge in [-0.15, -0.1) is 0 Å². The predicted molar refractivity (Wildman–Crippen MR) is 96.3 cm³/mol. The van der Waals surface area contributed by atoms with Gasteiger partial charge < -0.3 is 20.4 Å². The first-order valence-electron chi connectivity index (χ1n) is 7.67. The van der Waals surface area contributed by atoms with E-state index in [9.17, 15) is 14.4 Å². The molecule has 0 spiro atoms. The van der Waals surface area contributed by atoms with Crippen molar-refractivity contribution in [1.82, 2.24) is 18.7 Å². The molecule has 3 rings (SSSR count). The van der Waals surface area contributed by atoms with E-state index >= 15 is 0 Å². The number of carbonyl (C=O) groups is 1. The summed E-state index contributed by atoms with van der Waals surface area (Å²) in [4.78, 5) is 41.4. The molecule has 1 aromatic carbocycles. The average molecular weight is 358 g/mol. The molecule has 0 bridgehead atoms. The van der Waals surface area contributed by atoms with E-state index in [1.807, 2.05) is 0 Å². The van der Waals surface area contributed by atoms with Crippen LogP contribution in [0.25, 0.3) is 11.2 Å². The van der Waals surface area contributed by atoms with Gasteiger partial charge in [0, 0.05) is 20.2 Å². The molecule has 2 aromatic heterocycles. The summed E-state index contributed by atoms with van der Waals surface area (Å²) in [6.45, 7) is -0.455. The van der Waals surface area contributed by atoms with Crippen molar-refractivity contribution < 1.29 is 9.53 Å². The number of fused-ring (bicyclic) bond motifs is 1. The molecule has 3 aromatic rings. The van der Waals surface area contributed by atoms with Crippen LogP contribution in [0, 0.1) is 0 Å². The molecule has 0 radical (unpaired) electrons. The summed E-state index contributed by atoms with van der Waals surface area (Å²) in [7, 11) is 4.62. The minimum absolute atomic E-state index is 0.237. The fourth-order valence-electron chi connectivity index (χ4n) is 2.64. The predicted octanol–water partition coefficient (Wildman–Crippen LogP) is -0.337. The minimum atomic E-state index is -0.630. The van der Waals surface area contributed by atoms with E-state index in [1.54, 1.807) is 25.2 Å². The van der Waals surface area contributed by atoms with Gasteiger partial charge in [-0.1, -0.05) is 0 Å². The number of nitrogen functional groups attached to an aromatic ring is 1. The normalized spacial score (nSPS) is 10.9. The Balaban J connectivity index is 1.97. The van der Waals surface area contributed by atoms with Crippen LogP contribution in [0.5, 0.6) is 5.75 Å². The largest absolute Gasteiger partial charge is 0.497 e. The van der Waals surface area contributed by atoms with Crippen molar-refractivity contribution in [2.45, 2.75) is 6.54 Å². The van der Waals surface area contributed by atoms with Crippen molar-refractivity contribution in [3.05, 3.63) is 45.4 Å². The number of nitrogens with zero attached hydrogens (tertiary/aromatic N) is 4. The number of hydrogen-bond acceptors (Lipinski definition) is 6. The SMILES string of the molecule is COc1ccc(N)c(NC(=O)Cn2c(=O)c3c(ncn3C)n(C)c2=O)c1. The maximum absolute atomic E-state index is 12.6. The van der Waals surface area contributed by atoms with Crippen LogP contribution >= 0.6 is 0 Å². The van der Waals surface area contributed by atoms with E-state index in [1.165, 1.54) is 29.6 Å². The van der Waals surface area contributed by atoms with Crippen LogP contribution in [0.2, 0.25) is 0 Å². The number of nitrogens with two attached hydrogens (primary N) is 1. The number of aromatic nitrogens is 4. The number of nitrogens with one attached hydrogen (secondary N) is 1. The molecule has 10 nitrogen and oxygen atoms in total. The molecule has 0 saturated heterocycles. The van der Waals surface area contributed by atoms with E-state index in [-0.39, 0.29) is 11.2 Å². The molecule has 0 aliphatic heterocycles. The van der Waals surface area contributed by atoms with Crippen molar-refractivity contribution in [3.8, 4) is 5.75 Å². The maximum Gasteiger partial charge on any atom is 0.332 e. The van der Waals surface area contributed by atoms with Crippen LogP contribution in [-0.2, 0) is 25.4 Å². The van der Waals surface area contributed by atoms with Crippen LogP contribution in [0.15, 0.2) is 34.1 Å². The quantitative estimate of drug-likeness (QED) is 0.615. The van der Waals surface area contributed by atoms with Gasteiger partial charge in [0.05, 0.1) is 24.8 Å². The number of aryl methyl sites for hydroxylation is 2. The average Bonchev–Trinajstić information content (AvgIpc) is 3.00. The third-order valence-corrected chi connectivity index (χ3v) is 4.04. The van der Waals surface area contributed by atoms with Crippen LogP contribution in [0.4, 0.5) is 11.4 Å². The molecule has 136 valence electrons. The highest BCUT2D eigenvalue weighted by Gasteiger charge is 2.17. The van der Waals surface area contributed by atoms with E-state index in [4.69, 9.17) is 10.5 Å². The number of ether oxygens (including phenoxy) is 1. The van der Waals surface area contributed by atoms with Gasteiger partial charge in [-0.25, -0.2) is 14.3 Å². The zero-order chi connectivity index (χ0) is 19.0. The molecule has 0 fully saturated rings.